The van der Waals surface area contributed by atoms with Crippen LogP contribution < -0.4 is 5.32 Å². The first-order valence-corrected chi connectivity index (χ1v) is 5.75. The van der Waals surface area contributed by atoms with Crippen LogP contribution in [0.1, 0.15) is 30.4 Å². The number of hydrogen-bond acceptors (Lipinski definition) is 1. The van der Waals surface area contributed by atoms with Crippen LogP contribution in [0.4, 0.5) is 4.39 Å². The molecule has 1 aliphatic rings. The zero-order chi connectivity index (χ0) is 10.7. The highest BCUT2D eigenvalue weighted by Crippen LogP contribution is 2.28. The van der Waals surface area contributed by atoms with Crippen LogP contribution in [0.5, 0.6) is 0 Å². The number of aryl methyl sites for hydroxylation is 1. The summed E-state index contributed by atoms with van der Waals surface area (Å²) >= 11 is 0. The Labute approximate surface area is 90.7 Å². The second kappa shape index (κ2) is 4.75. The zero-order valence-electron chi connectivity index (χ0n) is 9.17. The molecule has 2 heteroatoms. The molecule has 0 spiro atoms. The monoisotopic (exact) mass is 207 g/mol. The third-order valence-corrected chi connectivity index (χ3v) is 3.20. The lowest BCUT2D eigenvalue weighted by atomic mass is 9.88. The molecule has 2 rings (SSSR count). The van der Waals surface area contributed by atoms with Crippen molar-refractivity contribution in [2.45, 2.75) is 31.9 Å². The van der Waals surface area contributed by atoms with Gasteiger partial charge in [-0.1, -0.05) is 31.2 Å². The van der Waals surface area contributed by atoms with Crippen LogP contribution in [0.25, 0.3) is 0 Å². The first kappa shape index (κ1) is 10.6. The number of alkyl halides is 1. The average Bonchev–Trinajstić information content (AvgIpc) is 2.30. The van der Waals surface area contributed by atoms with Crippen molar-refractivity contribution < 1.29 is 4.39 Å². The van der Waals surface area contributed by atoms with Gasteiger partial charge in [0.05, 0.1) is 0 Å². The van der Waals surface area contributed by atoms with Gasteiger partial charge in [0.15, 0.2) is 0 Å². The molecule has 0 amide bonds. The van der Waals surface area contributed by atoms with E-state index in [0.717, 1.165) is 19.4 Å². The van der Waals surface area contributed by atoms with E-state index in [4.69, 9.17) is 0 Å². The molecule has 1 N–H and O–H groups in total. The number of rotatable bonds is 2. The maximum atomic E-state index is 13.7. The molecule has 2 atom stereocenters. The smallest absolute Gasteiger partial charge is 0.119 e. The van der Waals surface area contributed by atoms with Crippen LogP contribution >= 0.6 is 0 Å². The summed E-state index contributed by atoms with van der Waals surface area (Å²) in [5, 5.41) is 3.09. The maximum Gasteiger partial charge on any atom is 0.119 e. The van der Waals surface area contributed by atoms with Gasteiger partial charge >= 0.3 is 0 Å². The van der Waals surface area contributed by atoms with E-state index in [1.807, 2.05) is 6.07 Å². The number of benzene rings is 1. The van der Waals surface area contributed by atoms with Crippen molar-refractivity contribution >= 4 is 0 Å². The third-order valence-electron chi connectivity index (χ3n) is 3.20. The van der Waals surface area contributed by atoms with E-state index in [9.17, 15) is 4.39 Å². The molecule has 0 radical (unpaired) electrons. The van der Waals surface area contributed by atoms with Crippen LogP contribution in [0, 0.1) is 0 Å². The highest BCUT2D eigenvalue weighted by atomic mass is 19.1. The predicted octanol–water partition coefficient (Wildman–Crippen LogP) is 2.66. The normalized spacial score (nSPS) is 26.5. The Balaban J connectivity index is 2.19. The lowest BCUT2D eigenvalue weighted by Gasteiger charge is -2.27. The Hall–Kier alpha value is -0.890. The molecule has 1 heterocycles. The van der Waals surface area contributed by atoms with Gasteiger partial charge in [-0.15, -0.1) is 0 Å². The molecule has 1 saturated heterocycles. The maximum absolute atomic E-state index is 13.7. The van der Waals surface area contributed by atoms with Crippen LogP contribution in [-0.2, 0) is 6.42 Å². The van der Waals surface area contributed by atoms with Gasteiger partial charge < -0.3 is 5.32 Å². The number of halogens is 1. The molecule has 1 fully saturated rings. The molecule has 0 aromatic heterocycles. The van der Waals surface area contributed by atoms with Crippen molar-refractivity contribution in [3.63, 3.8) is 0 Å². The fourth-order valence-corrected chi connectivity index (χ4v) is 2.24. The number of nitrogens with one attached hydrogen (secondary N) is 1. The van der Waals surface area contributed by atoms with Gasteiger partial charge in [-0.25, -0.2) is 4.39 Å². The topological polar surface area (TPSA) is 12.0 Å². The lowest BCUT2D eigenvalue weighted by Crippen LogP contribution is -2.36. The largest absolute Gasteiger partial charge is 0.314 e. The van der Waals surface area contributed by atoms with Gasteiger partial charge in [-0.2, -0.15) is 0 Å². The van der Waals surface area contributed by atoms with Crippen molar-refractivity contribution in [1.82, 2.24) is 5.32 Å². The van der Waals surface area contributed by atoms with Gasteiger partial charge in [0.2, 0.25) is 0 Å². The summed E-state index contributed by atoms with van der Waals surface area (Å²) in [5.74, 6) is 0.0951. The quantitative estimate of drug-likeness (QED) is 0.786. The van der Waals surface area contributed by atoms with Gasteiger partial charge in [0.1, 0.15) is 6.17 Å². The van der Waals surface area contributed by atoms with Crippen molar-refractivity contribution in [3.05, 3.63) is 35.4 Å². The van der Waals surface area contributed by atoms with E-state index in [-0.39, 0.29) is 5.92 Å². The highest BCUT2D eigenvalue weighted by molar-refractivity contribution is 5.27. The Morgan fingerprint density at radius 1 is 1.47 bits per heavy atom. The summed E-state index contributed by atoms with van der Waals surface area (Å²) in [6.45, 7) is 3.57. The van der Waals surface area contributed by atoms with Crippen LogP contribution in [-0.4, -0.2) is 19.3 Å². The Bertz CT molecular complexity index is 324. The fourth-order valence-electron chi connectivity index (χ4n) is 2.24. The van der Waals surface area contributed by atoms with E-state index >= 15 is 0 Å². The Morgan fingerprint density at radius 3 is 3.07 bits per heavy atom. The van der Waals surface area contributed by atoms with E-state index in [1.54, 1.807) is 0 Å². The number of hydrogen-bond donors (Lipinski definition) is 1. The van der Waals surface area contributed by atoms with E-state index in [1.165, 1.54) is 11.1 Å². The minimum absolute atomic E-state index is 0.0951. The third kappa shape index (κ3) is 2.37. The standard InChI is InChI=1S/C13H18FN/c1-2-10-4-3-5-11(8-10)12-6-7-15-9-13(12)14/h3-5,8,12-13,15H,2,6-7,9H2,1H3. The van der Waals surface area contributed by atoms with E-state index < -0.39 is 6.17 Å². The zero-order valence-corrected chi connectivity index (χ0v) is 9.17. The first-order valence-electron chi connectivity index (χ1n) is 5.75. The fraction of sp³-hybridized carbons (Fsp3) is 0.538. The van der Waals surface area contributed by atoms with E-state index in [2.05, 4.69) is 30.4 Å². The summed E-state index contributed by atoms with van der Waals surface area (Å²) < 4.78 is 13.7. The number of piperidine rings is 1. The molecule has 15 heavy (non-hydrogen) atoms. The summed E-state index contributed by atoms with van der Waals surface area (Å²) in [6.07, 6.45) is 1.20. The van der Waals surface area contributed by atoms with Crippen molar-refractivity contribution in [3.8, 4) is 0 Å². The Morgan fingerprint density at radius 2 is 2.33 bits per heavy atom. The summed E-state index contributed by atoms with van der Waals surface area (Å²) in [5.41, 5.74) is 2.47. The molecule has 1 nitrogen and oxygen atoms in total. The molecule has 0 saturated carbocycles. The van der Waals surface area contributed by atoms with E-state index in [0.29, 0.717) is 6.54 Å². The lowest BCUT2D eigenvalue weighted by molar-refractivity contribution is 0.231. The minimum atomic E-state index is -0.731. The average molecular weight is 207 g/mol. The van der Waals surface area contributed by atoms with Crippen molar-refractivity contribution in [1.29, 1.82) is 0 Å². The van der Waals surface area contributed by atoms with Crippen LogP contribution in [0.3, 0.4) is 0 Å². The molecule has 82 valence electrons. The minimum Gasteiger partial charge on any atom is -0.314 e. The highest BCUT2D eigenvalue weighted by Gasteiger charge is 2.25. The van der Waals surface area contributed by atoms with Crippen LogP contribution in [0.2, 0.25) is 0 Å². The molecular formula is C13H18FN. The van der Waals surface area contributed by atoms with Gasteiger partial charge in [-0.3, -0.25) is 0 Å². The SMILES string of the molecule is CCc1cccc(C2CCNCC2F)c1. The second-order valence-corrected chi connectivity index (χ2v) is 4.21. The molecular weight excluding hydrogens is 189 g/mol. The molecule has 1 aromatic carbocycles. The summed E-state index contributed by atoms with van der Waals surface area (Å²) in [7, 11) is 0. The molecule has 1 aliphatic heterocycles. The molecule has 0 aliphatic carbocycles. The second-order valence-electron chi connectivity index (χ2n) is 4.21. The van der Waals surface area contributed by atoms with Crippen molar-refractivity contribution in [2.24, 2.45) is 0 Å². The molecule has 1 aromatic rings. The summed E-state index contributed by atoms with van der Waals surface area (Å²) in [4.78, 5) is 0. The van der Waals surface area contributed by atoms with Gasteiger partial charge in [0, 0.05) is 12.5 Å². The van der Waals surface area contributed by atoms with Crippen molar-refractivity contribution in [2.75, 3.05) is 13.1 Å². The van der Waals surface area contributed by atoms with Crippen LogP contribution in [0.15, 0.2) is 24.3 Å². The van der Waals surface area contributed by atoms with Gasteiger partial charge in [0.25, 0.3) is 0 Å². The Kier molecular flexibility index (Phi) is 3.37. The first-order chi connectivity index (χ1) is 7.31. The molecule has 2 unspecified atom stereocenters. The summed E-state index contributed by atoms with van der Waals surface area (Å²) in [6, 6.07) is 8.37. The molecule has 0 bridgehead atoms. The predicted molar refractivity (Wildman–Crippen MR) is 60.9 cm³/mol. The van der Waals surface area contributed by atoms with Gasteiger partial charge in [-0.05, 0) is 30.5 Å².